The van der Waals surface area contributed by atoms with Gasteiger partial charge in [-0.3, -0.25) is 9.59 Å². The van der Waals surface area contributed by atoms with Gasteiger partial charge < -0.3 is 10.4 Å². The number of carboxylic acid groups (broad SMARTS) is 1. The van der Waals surface area contributed by atoms with Crippen LogP contribution in [0.15, 0.2) is 24.3 Å². The summed E-state index contributed by atoms with van der Waals surface area (Å²) >= 11 is 3.26. The Hall–Kier alpha value is -1.14. The second kappa shape index (κ2) is 8.34. The van der Waals surface area contributed by atoms with Gasteiger partial charge in [-0.2, -0.15) is 11.8 Å². The second-order valence-electron chi connectivity index (χ2n) is 4.96. The van der Waals surface area contributed by atoms with Gasteiger partial charge in [0.25, 0.3) is 0 Å². The summed E-state index contributed by atoms with van der Waals surface area (Å²) in [5.41, 5.74) is 1.82. The summed E-state index contributed by atoms with van der Waals surface area (Å²) in [7, 11) is 0. The molecule has 0 aliphatic carbocycles. The monoisotopic (exact) mass is 325 g/mol. The van der Waals surface area contributed by atoms with Crippen LogP contribution in [-0.2, 0) is 15.3 Å². The number of aliphatic carboxylic acids is 1. The SMILES string of the molecule is O=C(O)CSCc1cccc(NC(=O)C2CCSCC2)c1. The van der Waals surface area contributed by atoms with Crippen LogP contribution >= 0.6 is 23.5 Å². The van der Waals surface area contributed by atoms with Crippen molar-refractivity contribution < 1.29 is 14.7 Å². The van der Waals surface area contributed by atoms with Gasteiger partial charge in [0, 0.05) is 17.4 Å². The number of hydrogen-bond acceptors (Lipinski definition) is 4. The second-order valence-corrected chi connectivity index (χ2v) is 7.17. The largest absolute Gasteiger partial charge is 0.481 e. The molecule has 0 saturated carbocycles. The first kappa shape index (κ1) is 16.2. The molecule has 1 amide bonds. The third kappa shape index (κ3) is 5.63. The van der Waals surface area contributed by atoms with E-state index in [9.17, 15) is 9.59 Å². The fraction of sp³-hybridized carbons (Fsp3) is 0.467. The van der Waals surface area contributed by atoms with Crippen LogP contribution in [0, 0.1) is 5.92 Å². The van der Waals surface area contributed by atoms with E-state index < -0.39 is 5.97 Å². The summed E-state index contributed by atoms with van der Waals surface area (Å²) < 4.78 is 0. The molecule has 114 valence electrons. The van der Waals surface area contributed by atoms with Gasteiger partial charge in [0.15, 0.2) is 0 Å². The maximum Gasteiger partial charge on any atom is 0.313 e. The third-order valence-electron chi connectivity index (χ3n) is 3.28. The van der Waals surface area contributed by atoms with Crippen LogP contribution in [0.4, 0.5) is 5.69 Å². The molecule has 1 saturated heterocycles. The Kier molecular flexibility index (Phi) is 6.45. The highest BCUT2D eigenvalue weighted by Crippen LogP contribution is 2.24. The Balaban J connectivity index is 1.87. The molecular formula is C15H19NO3S2. The van der Waals surface area contributed by atoms with E-state index in [1.54, 1.807) is 0 Å². The molecule has 1 aromatic carbocycles. The molecule has 1 aliphatic heterocycles. The van der Waals surface area contributed by atoms with Gasteiger partial charge in [-0.1, -0.05) is 12.1 Å². The first-order valence-electron chi connectivity index (χ1n) is 6.92. The summed E-state index contributed by atoms with van der Waals surface area (Å²) in [5.74, 6) is 2.27. The van der Waals surface area contributed by atoms with Crippen molar-refractivity contribution in [2.75, 3.05) is 22.6 Å². The van der Waals surface area contributed by atoms with Crippen molar-refractivity contribution in [2.24, 2.45) is 5.92 Å². The average Bonchev–Trinajstić information content (AvgIpc) is 2.48. The Morgan fingerprint density at radius 3 is 2.81 bits per heavy atom. The van der Waals surface area contributed by atoms with Crippen LogP contribution in [0.1, 0.15) is 18.4 Å². The van der Waals surface area contributed by atoms with Crippen LogP contribution in [0.5, 0.6) is 0 Å². The molecule has 1 aromatic rings. The van der Waals surface area contributed by atoms with E-state index in [0.29, 0.717) is 5.75 Å². The van der Waals surface area contributed by atoms with Crippen molar-refractivity contribution in [1.82, 2.24) is 0 Å². The zero-order chi connectivity index (χ0) is 15.1. The van der Waals surface area contributed by atoms with Crippen molar-refractivity contribution in [1.29, 1.82) is 0 Å². The predicted octanol–water partition coefficient (Wildman–Crippen LogP) is 3.09. The van der Waals surface area contributed by atoms with Crippen LogP contribution in [0.25, 0.3) is 0 Å². The fourth-order valence-corrected chi connectivity index (χ4v) is 4.00. The summed E-state index contributed by atoms with van der Waals surface area (Å²) in [6, 6.07) is 7.63. The van der Waals surface area contributed by atoms with E-state index in [1.165, 1.54) is 11.8 Å². The van der Waals surface area contributed by atoms with Crippen molar-refractivity contribution in [3.63, 3.8) is 0 Å². The maximum absolute atomic E-state index is 12.2. The standard InChI is InChI=1S/C15H19NO3S2/c17-14(18)10-21-9-11-2-1-3-13(8-11)16-15(19)12-4-6-20-7-5-12/h1-3,8,12H,4-7,9-10H2,(H,16,19)(H,17,18). The minimum Gasteiger partial charge on any atom is -0.481 e. The van der Waals surface area contributed by atoms with E-state index in [4.69, 9.17) is 5.11 Å². The first-order valence-corrected chi connectivity index (χ1v) is 9.23. The number of nitrogens with one attached hydrogen (secondary N) is 1. The summed E-state index contributed by atoms with van der Waals surface area (Å²) in [5, 5.41) is 11.6. The molecule has 0 bridgehead atoms. The highest BCUT2D eigenvalue weighted by molar-refractivity contribution is 7.99. The Bertz CT molecular complexity index is 501. The molecule has 2 rings (SSSR count). The van der Waals surface area contributed by atoms with Gasteiger partial charge in [0.05, 0.1) is 5.75 Å². The first-order chi connectivity index (χ1) is 10.1. The maximum atomic E-state index is 12.2. The molecule has 0 aromatic heterocycles. The molecule has 2 N–H and O–H groups in total. The lowest BCUT2D eigenvalue weighted by Crippen LogP contribution is -2.26. The lowest BCUT2D eigenvalue weighted by atomic mass is 10.0. The van der Waals surface area contributed by atoms with Gasteiger partial charge in [0.2, 0.25) is 5.91 Å². The van der Waals surface area contributed by atoms with Gasteiger partial charge in [-0.05, 0) is 42.0 Å². The van der Waals surface area contributed by atoms with Crippen LogP contribution in [0.3, 0.4) is 0 Å². The molecule has 0 atom stereocenters. The molecule has 1 fully saturated rings. The van der Waals surface area contributed by atoms with Crippen LogP contribution < -0.4 is 5.32 Å². The number of anilines is 1. The lowest BCUT2D eigenvalue weighted by Gasteiger charge is -2.20. The van der Waals surface area contributed by atoms with Gasteiger partial charge in [0.1, 0.15) is 0 Å². The fourth-order valence-electron chi connectivity index (χ4n) is 2.20. The summed E-state index contributed by atoms with van der Waals surface area (Å²) in [6.45, 7) is 0. The van der Waals surface area contributed by atoms with Crippen molar-refractivity contribution >= 4 is 41.1 Å². The molecule has 1 aliphatic rings. The molecule has 6 heteroatoms. The molecule has 1 heterocycles. The van der Waals surface area contributed by atoms with Crippen molar-refractivity contribution in [2.45, 2.75) is 18.6 Å². The minimum absolute atomic E-state index is 0.0936. The molecule has 21 heavy (non-hydrogen) atoms. The van der Waals surface area contributed by atoms with E-state index >= 15 is 0 Å². The Morgan fingerprint density at radius 2 is 2.10 bits per heavy atom. The highest BCUT2D eigenvalue weighted by Gasteiger charge is 2.21. The van der Waals surface area contributed by atoms with Crippen LogP contribution in [-0.4, -0.2) is 34.2 Å². The van der Waals surface area contributed by atoms with Crippen molar-refractivity contribution in [3.05, 3.63) is 29.8 Å². The van der Waals surface area contributed by atoms with Crippen molar-refractivity contribution in [3.8, 4) is 0 Å². The summed E-state index contributed by atoms with van der Waals surface area (Å²) in [6.07, 6.45) is 1.90. The molecule has 4 nitrogen and oxygen atoms in total. The number of benzene rings is 1. The number of carbonyl (C=O) groups excluding carboxylic acids is 1. The van der Waals surface area contributed by atoms with E-state index in [2.05, 4.69) is 5.32 Å². The number of rotatable bonds is 6. The van der Waals surface area contributed by atoms with Gasteiger partial charge in [-0.15, -0.1) is 11.8 Å². The predicted molar refractivity (Wildman–Crippen MR) is 88.9 cm³/mol. The molecule has 0 spiro atoms. The summed E-state index contributed by atoms with van der Waals surface area (Å²) in [4.78, 5) is 22.7. The van der Waals surface area contributed by atoms with Gasteiger partial charge >= 0.3 is 5.97 Å². The average molecular weight is 325 g/mol. The lowest BCUT2D eigenvalue weighted by molar-refractivity contribution is -0.133. The zero-order valence-corrected chi connectivity index (χ0v) is 13.3. The van der Waals surface area contributed by atoms with E-state index in [0.717, 1.165) is 35.6 Å². The molecule has 0 unspecified atom stereocenters. The minimum atomic E-state index is -0.806. The number of thioether (sulfide) groups is 2. The normalized spacial score (nSPS) is 15.6. The quantitative estimate of drug-likeness (QED) is 0.841. The number of carbonyl (C=O) groups is 2. The Labute approximate surface area is 133 Å². The van der Waals surface area contributed by atoms with E-state index in [1.807, 2.05) is 36.0 Å². The number of carboxylic acids is 1. The number of hydrogen-bond donors (Lipinski definition) is 2. The van der Waals surface area contributed by atoms with E-state index in [-0.39, 0.29) is 17.6 Å². The number of amides is 1. The zero-order valence-electron chi connectivity index (χ0n) is 11.7. The molecule has 0 radical (unpaired) electrons. The van der Waals surface area contributed by atoms with Crippen LogP contribution in [0.2, 0.25) is 0 Å². The topological polar surface area (TPSA) is 66.4 Å². The molecular weight excluding hydrogens is 306 g/mol. The smallest absolute Gasteiger partial charge is 0.313 e. The highest BCUT2D eigenvalue weighted by atomic mass is 32.2. The third-order valence-corrected chi connectivity index (χ3v) is 5.32. The Morgan fingerprint density at radius 1 is 1.33 bits per heavy atom. The van der Waals surface area contributed by atoms with Gasteiger partial charge in [-0.25, -0.2) is 0 Å².